The molecular formula is C13H17N3O2. The molecule has 1 aromatic carbocycles. The topological polar surface area (TPSA) is 71.5 Å². The van der Waals surface area contributed by atoms with Gasteiger partial charge in [0.15, 0.2) is 0 Å². The maximum Gasteiger partial charge on any atom is 0.102 e. The summed E-state index contributed by atoms with van der Waals surface area (Å²) in [7, 11) is 3.37. The van der Waals surface area contributed by atoms with Gasteiger partial charge < -0.3 is 20.1 Å². The Morgan fingerprint density at radius 1 is 1.28 bits per heavy atom. The Morgan fingerprint density at radius 3 is 2.33 bits per heavy atom. The summed E-state index contributed by atoms with van der Waals surface area (Å²) in [5, 5.41) is 8.82. The van der Waals surface area contributed by atoms with Gasteiger partial charge in [0.1, 0.15) is 12.2 Å². The van der Waals surface area contributed by atoms with Crippen LogP contribution in [-0.2, 0) is 9.47 Å². The number of nitrogens with zero attached hydrogens (tertiary/aromatic N) is 2. The van der Waals surface area contributed by atoms with Crippen molar-refractivity contribution in [3.05, 3.63) is 23.8 Å². The molecule has 1 aliphatic heterocycles. The summed E-state index contributed by atoms with van der Waals surface area (Å²) < 4.78 is 10.8. The van der Waals surface area contributed by atoms with Crippen LogP contribution in [0, 0.1) is 11.3 Å². The van der Waals surface area contributed by atoms with Crippen molar-refractivity contribution < 1.29 is 9.47 Å². The molecule has 0 saturated carbocycles. The molecule has 1 saturated heterocycles. The summed E-state index contributed by atoms with van der Waals surface area (Å²) >= 11 is 0. The molecule has 0 amide bonds. The van der Waals surface area contributed by atoms with Gasteiger partial charge in [-0.1, -0.05) is 0 Å². The number of anilines is 2. The van der Waals surface area contributed by atoms with Gasteiger partial charge in [0.05, 0.1) is 23.0 Å². The van der Waals surface area contributed by atoms with Crippen LogP contribution in [0.1, 0.15) is 5.56 Å². The van der Waals surface area contributed by atoms with Gasteiger partial charge >= 0.3 is 0 Å². The highest BCUT2D eigenvalue weighted by Crippen LogP contribution is 2.29. The largest absolute Gasteiger partial charge is 0.397 e. The Hall–Kier alpha value is -1.77. The second kappa shape index (κ2) is 5.25. The fourth-order valence-electron chi connectivity index (χ4n) is 2.31. The van der Waals surface area contributed by atoms with Gasteiger partial charge in [-0.25, -0.2) is 0 Å². The van der Waals surface area contributed by atoms with E-state index >= 15 is 0 Å². The predicted octanol–water partition coefficient (Wildman–Crippen LogP) is 0.990. The first-order chi connectivity index (χ1) is 8.69. The van der Waals surface area contributed by atoms with Gasteiger partial charge in [-0.05, 0) is 18.2 Å². The molecule has 0 aliphatic carbocycles. The van der Waals surface area contributed by atoms with E-state index in [1.165, 1.54) is 0 Å². The molecule has 5 nitrogen and oxygen atoms in total. The normalized spacial score (nSPS) is 23.1. The molecule has 0 aromatic heterocycles. The molecule has 96 valence electrons. The van der Waals surface area contributed by atoms with Gasteiger partial charge in [0.25, 0.3) is 0 Å². The molecule has 2 atom stereocenters. The second-order valence-electron chi connectivity index (χ2n) is 4.34. The number of hydrogen-bond acceptors (Lipinski definition) is 5. The highest BCUT2D eigenvalue weighted by atomic mass is 16.5. The van der Waals surface area contributed by atoms with E-state index in [1.54, 1.807) is 26.4 Å². The molecular weight excluding hydrogens is 230 g/mol. The zero-order valence-corrected chi connectivity index (χ0v) is 10.6. The number of nitrogens with two attached hydrogens (primary N) is 1. The van der Waals surface area contributed by atoms with Crippen LogP contribution in [0.25, 0.3) is 0 Å². The number of nitrogen functional groups attached to an aromatic ring is 1. The lowest BCUT2D eigenvalue weighted by atomic mass is 10.2. The van der Waals surface area contributed by atoms with Crippen molar-refractivity contribution in [1.82, 2.24) is 0 Å². The van der Waals surface area contributed by atoms with Crippen molar-refractivity contribution in [3.8, 4) is 6.07 Å². The third-order valence-electron chi connectivity index (χ3n) is 3.32. The summed E-state index contributed by atoms with van der Waals surface area (Å²) in [6.07, 6.45) is 0.0927. The van der Waals surface area contributed by atoms with Gasteiger partial charge in [0, 0.05) is 27.3 Å². The van der Waals surface area contributed by atoms with E-state index in [0.717, 1.165) is 18.8 Å². The van der Waals surface area contributed by atoms with Crippen molar-refractivity contribution in [2.45, 2.75) is 12.2 Å². The first-order valence-electron chi connectivity index (χ1n) is 5.79. The Balaban J connectivity index is 2.21. The molecule has 0 spiro atoms. The van der Waals surface area contributed by atoms with Gasteiger partial charge in [0.2, 0.25) is 0 Å². The Labute approximate surface area is 107 Å². The molecule has 2 unspecified atom stereocenters. The van der Waals surface area contributed by atoms with Gasteiger partial charge in [-0.3, -0.25) is 0 Å². The van der Waals surface area contributed by atoms with Crippen molar-refractivity contribution >= 4 is 11.4 Å². The van der Waals surface area contributed by atoms with E-state index in [9.17, 15) is 0 Å². The van der Waals surface area contributed by atoms with E-state index < -0.39 is 0 Å². The molecule has 18 heavy (non-hydrogen) atoms. The highest BCUT2D eigenvalue weighted by Gasteiger charge is 2.33. The maximum atomic E-state index is 8.82. The summed E-state index contributed by atoms with van der Waals surface area (Å²) in [4.78, 5) is 2.12. The third-order valence-corrected chi connectivity index (χ3v) is 3.32. The minimum Gasteiger partial charge on any atom is -0.397 e. The summed E-state index contributed by atoms with van der Waals surface area (Å²) in [6, 6.07) is 7.41. The molecule has 2 rings (SSSR count). The van der Waals surface area contributed by atoms with Crippen molar-refractivity contribution in [2.24, 2.45) is 0 Å². The summed E-state index contributed by atoms with van der Waals surface area (Å²) in [6.45, 7) is 1.48. The third kappa shape index (κ3) is 2.26. The summed E-state index contributed by atoms with van der Waals surface area (Å²) in [5.41, 5.74) is 8.09. The zero-order chi connectivity index (χ0) is 13.1. The lowest BCUT2D eigenvalue weighted by Crippen LogP contribution is -2.27. The fourth-order valence-corrected chi connectivity index (χ4v) is 2.31. The molecule has 5 heteroatoms. The summed E-state index contributed by atoms with van der Waals surface area (Å²) in [5.74, 6) is 0. The monoisotopic (exact) mass is 247 g/mol. The number of rotatable bonds is 3. The average molecular weight is 247 g/mol. The van der Waals surface area contributed by atoms with Crippen LogP contribution in [0.15, 0.2) is 18.2 Å². The number of ether oxygens (including phenoxy) is 2. The molecule has 2 N–H and O–H groups in total. The van der Waals surface area contributed by atoms with Crippen molar-refractivity contribution in [3.63, 3.8) is 0 Å². The van der Waals surface area contributed by atoms with Crippen LogP contribution in [-0.4, -0.2) is 39.5 Å². The lowest BCUT2D eigenvalue weighted by molar-refractivity contribution is -0.00461. The standard InChI is InChI=1S/C13H17N3O2/c1-17-12-7-16(8-13(12)18-2)11-4-3-9(6-14)5-10(11)15/h3-5,12-13H,7-8,15H2,1-2H3. The van der Waals surface area contributed by atoms with Crippen LogP contribution in [0.2, 0.25) is 0 Å². The van der Waals surface area contributed by atoms with E-state index in [0.29, 0.717) is 11.3 Å². The zero-order valence-electron chi connectivity index (χ0n) is 10.6. The SMILES string of the molecule is COC1CN(c2ccc(C#N)cc2N)CC1OC. The smallest absolute Gasteiger partial charge is 0.102 e. The minimum absolute atomic E-state index is 0.0463. The number of hydrogen-bond donors (Lipinski definition) is 1. The molecule has 1 aliphatic rings. The first-order valence-corrected chi connectivity index (χ1v) is 5.79. The van der Waals surface area contributed by atoms with E-state index in [-0.39, 0.29) is 12.2 Å². The van der Waals surface area contributed by atoms with Crippen molar-refractivity contribution in [1.29, 1.82) is 5.26 Å². The molecule has 0 radical (unpaired) electrons. The van der Waals surface area contributed by atoms with Crippen LogP contribution in [0.4, 0.5) is 11.4 Å². The van der Waals surface area contributed by atoms with Gasteiger partial charge in [-0.15, -0.1) is 0 Å². The molecule has 1 fully saturated rings. The lowest BCUT2D eigenvalue weighted by Gasteiger charge is -2.20. The van der Waals surface area contributed by atoms with Crippen LogP contribution < -0.4 is 10.6 Å². The molecule has 0 bridgehead atoms. The van der Waals surface area contributed by atoms with E-state index in [1.807, 2.05) is 6.07 Å². The number of methoxy groups -OCH3 is 2. The Morgan fingerprint density at radius 2 is 1.89 bits per heavy atom. The average Bonchev–Trinajstić information content (AvgIpc) is 2.81. The van der Waals surface area contributed by atoms with Crippen LogP contribution in [0.3, 0.4) is 0 Å². The highest BCUT2D eigenvalue weighted by molar-refractivity contribution is 5.70. The maximum absolute atomic E-state index is 8.82. The quantitative estimate of drug-likeness (QED) is 0.806. The Bertz CT molecular complexity index is 458. The molecule has 1 aromatic rings. The predicted molar refractivity (Wildman–Crippen MR) is 69.4 cm³/mol. The van der Waals surface area contributed by atoms with Crippen molar-refractivity contribution in [2.75, 3.05) is 37.9 Å². The van der Waals surface area contributed by atoms with E-state index in [2.05, 4.69) is 11.0 Å². The number of nitriles is 1. The van der Waals surface area contributed by atoms with E-state index in [4.69, 9.17) is 20.5 Å². The number of benzene rings is 1. The Kier molecular flexibility index (Phi) is 3.70. The second-order valence-corrected chi connectivity index (χ2v) is 4.34. The van der Waals surface area contributed by atoms with Gasteiger partial charge in [-0.2, -0.15) is 5.26 Å². The first kappa shape index (κ1) is 12.7. The van der Waals surface area contributed by atoms with Crippen LogP contribution >= 0.6 is 0 Å². The molecule has 1 heterocycles. The fraction of sp³-hybridized carbons (Fsp3) is 0.462. The minimum atomic E-state index is 0.0463. The van der Waals surface area contributed by atoms with Crippen LogP contribution in [0.5, 0.6) is 0 Å².